The van der Waals surface area contributed by atoms with Crippen LogP contribution in [0, 0.1) is 5.92 Å². The van der Waals surface area contributed by atoms with Gasteiger partial charge in [0.25, 0.3) is 0 Å². The first-order valence-corrected chi connectivity index (χ1v) is 9.83. The van der Waals surface area contributed by atoms with E-state index in [1.165, 1.54) is 0 Å². The average Bonchev–Trinajstić information content (AvgIpc) is 2.84. The minimum atomic E-state index is -4.16. The van der Waals surface area contributed by atoms with Crippen molar-refractivity contribution < 1.29 is 26.7 Å². The highest BCUT2D eigenvalue weighted by Gasteiger charge is 2.29. The molecule has 0 fully saturated rings. The second kappa shape index (κ2) is 9.37. The van der Waals surface area contributed by atoms with Crippen LogP contribution in [0.25, 0.3) is 0 Å². The van der Waals surface area contributed by atoms with Crippen LogP contribution in [0.4, 0.5) is 10.6 Å². The van der Waals surface area contributed by atoms with Crippen LogP contribution in [-0.4, -0.2) is 61.0 Å². The third-order valence-corrected chi connectivity index (χ3v) is 4.27. The number of hydrogen-bond donors (Lipinski definition) is 3. The fraction of sp³-hybridized carbons (Fsp3) is 0.625. The maximum atomic E-state index is 11.1. The topological polar surface area (TPSA) is 163 Å². The Kier molecular flexibility index (Phi) is 7.99. The van der Waals surface area contributed by atoms with E-state index in [2.05, 4.69) is 33.4 Å². The summed E-state index contributed by atoms with van der Waals surface area (Å²) in [6.07, 6.45) is 3.43. The first kappa shape index (κ1) is 23.9. The third-order valence-electron chi connectivity index (χ3n) is 3.85. The Morgan fingerprint density at radius 2 is 2.00 bits per heavy atom. The van der Waals surface area contributed by atoms with Crippen molar-refractivity contribution in [2.45, 2.75) is 32.7 Å². The number of nitrogens with two attached hydrogens (primary N) is 2. The van der Waals surface area contributed by atoms with Crippen molar-refractivity contribution in [3.05, 3.63) is 17.8 Å². The van der Waals surface area contributed by atoms with E-state index >= 15 is 0 Å². The number of amides is 1. The lowest BCUT2D eigenvalue weighted by Crippen LogP contribution is -2.31. The lowest BCUT2D eigenvalue weighted by molar-refractivity contribution is 0.210. The van der Waals surface area contributed by atoms with Gasteiger partial charge in [-0.15, -0.1) is 0 Å². The summed E-state index contributed by atoms with van der Waals surface area (Å²) in [5, 5.41) is 4.56. The normalized spacial score (nSPS) is 17.7. The molecule has 1 amide bonds. The number of hydrogen-bond acceptors (Lipinski definition) is 8. The molecule has 160 valence electrons. The van der Waals surface area contributed by atoms with Gasteiger partial charge in [-0.1, -0.05) is 32.9 Å². The van der Waals surface area contributed by atoms with Crippen molar-refractivity contribution in [3.63, 3.8) is 0 Å². The van der Waals surface area contributed by atoms with E-state index in [1.54, 1.807) is 4.68 Å². The van der Waals surface area contributed by atoms with Gasteiger partial charge in [0.2, 0.25) is 0 Å². The molecule has 12 heteroatoms. The molecule has 5 N–H and O–H groups in total. The van der Waals surface area contributed by atoms with Crippen LogP contribution in [0.5, 0.6) is 5.75 Å². The fourth-order valence-corrected chi connectivity index (χ4v) is 2.60. The molecule has 1 atom stereocenters. The van der Waals surface area contributed by atoms with Crippen molar-refractivity contribution in [1.82, 2.24) is 14.7 Å². The standard InChI is InChI=1S/C15H25N5O2.CH4O4S/c1-15(2,3)12-11(22-14(17)21)13(16)20(18-12)9-10-6-5-7-19(4)8-10;1-5-6(2,3)4/h5-6,10H,7-9,16H2,1-4H3,(H2,17,21);1H3,(H,2,3,4). The number of ether oxygens (including phenoxy) is 1. The van der Waals surface area contributed by atoms with Crippen LogP contribution in [-0.2, 0) is 26.5 Å². The maximum Gasteiger partial charge on any atom is 0.410 e. The van der Waals surface area contributed by atoms with Crippen LogP contribution in [0.3, 0.4) is 0 Å². The van der Waals surface area contributed by atoms with Crippen LogP contribution < -0.4 is 16.2 Å². The minimum absolute atomic E-state index is 0.271. The summed E-state index contributed by atoms with van der Waals surface area (Å²) in [5.41, 5.74) is 11.6. The monoisotopic (exact) mass is 419 g/mol. The molecule has 1 aromatic rings. The predicted octanol–water partition coefficient (Wildman–Crippen LogP) is 0.774. The number of carbonyl (C=O) groups is 1. The number of rotatable bonds is 4. The molecule has 0 saturated heterocycles. The second-order valence-corrected chi connectivity index (χ2v) is 8.61. The quantitative estimate of drug-likeness (QED) is 0.472. The molecule has 2 rings (SSSR count). The fourth-order valence-electron chi connectivity index (χ4n) is 2.60. The Hall–Kier alpha value is -2.15. The van der Waals surface area contributed by atoms with Gasteiger partial charge in [0.15, 0.2) is 11.6 Å². The molecule has 0 aromatic carbocycles. The van der Waals surface area contributed by atoms with Gasteiger partial charge in [0.1, 0.15) is 5.69 Å². The van der Waals surface area contributed by atoms with Crippen molar-refractivity contribution in [2.75, 3.05) is 33.0 Å². The second-order valence-electron chi connectivity index (χ2n) is 7.42. The van der Waals surface area contributed by atoms with Crippen LogP contribution in [0.2, 0.25) is 0 Å². The van der Waals surface area contributed by atoms with Gasteiger partial charge in [-0.2, -0.15) is 13.5 Å². The smallest absolute Gasteiger partial charge is 0.404 e. The summed E-state index contributed by atoms with van der Waals surface area (Å²) in [6.45, 7) is 8.49. The van der Waals surface area contributed by atoms with E-state index in [-0.39, 0.29) is 11.2 Å². The Bertz CT molecular complexity index is 812. The molecule has 2 heterocycles. The zero-order valence-corrected chi connectivity index (χ0v) is 17.6. The number of primary amides is 1. The molecule has 11 nitrogen and oxygen atoms in total. The number of nitrogen functional groups attached to an aromatic ring is 1. The Morgan fingerprint density at radius 1 is 1.43 bits per heavy atom. The van der Waals surface area contributed by atoms with Crippen molar-refractivity contribution in [3.8, 4) is 5.75 Å². The van der Waals surface area contributed by atoms with Gasteiger partial charge in [-0.3, -0.25) is 8.74 Å². The van der Waals surface area contributed by atoms with Gasteiger partial charge in [0.05, 0.1) is 13.7 Å². The van der Waals surface area contributed by atoms with Crippen LogP contribution in [0.15, 0.2) is 12.2 Å². The van der Waals surface area contributed by atoms with Crippen LogP contribution >= 0.6 is 0 Å². The van der Waals surface area contributed by atoms with E-state index in [0.29, 0.717) is 24.0 Å². The van der Waals surface area contributed by atoms with E-state index in [0.717, 1.165) is 20.2 Å². The van der Waals surface area contributed by atoms with E-state index in [4.69, 9.17) is 20.8 Å². The first-order chi connectivity index (χ1) is 12.7. The zero-order valence-electron chi connectivity index (χ0n) is 16.7. The number of likely N-dealkylation sites (N-methyl/N-ethyl adjacent to an activating group) is 1. The molecule has 0 radical (unpaired) electrons. The molecule has 0 aliphatic carbocycles. The molecule has 1 aliphatic rings. The molecule has 0 saturated carbocycles. The Labute approximate surface area is 165 Å². The SMILES string of the molecule is CN1CC=CC(Cn2nc(C(C)(C)C)c(OC(N)=O)c2N)C1.COS(=O)(=O)O. The van der Waals surface area contributed by atoms with Crippen LogP contribution in [0.1, 0.15) is 26.5 Å². The largest absolute Gasteiger partial charge is 0.410 e. The molecule has 1 aliphatic heterocycles. The maximum absolute atomic E-state index is 11.1. The lowest BCUT2D eigenvalue weighted by atomic mass is 9.92. The molecule has 1 aromatic heterocycles. The number of nitrogens with zero attached hydrogens (tertiary/aromatic N) is 3. The summed E-state index contributed by atoms with van der Waals surface area (Å²) >= 11 is 0. The molecular weight excluding hydrogens is 390 g/mol. The highest BCUT2D eigenvalue weighted by Crippen LogP contribution is 2.35. The highest BCUT2D eigenvalue weighted by molar-refractivity contribution is 7.80. The summed E-state index contributed by atoms with van der Waals surface area (Å²) in [6, 6.07) is 0. The minimum Gasteiger partial charge on any atom is -0.404 e. The zero-order chi connectivity index (χ0) is 21.7. The average molecular weight is 420 g/mol. The number of aromatic nitrogens is 2. The van der Waals surface area contributed by atoms with Crippen molar-refractivity contribution in [2.24, 2.45) is 11.7 Å². The first-order valence-electron chi connectivity index (χ1n) is 8.47. The van der Waals surface area contributed by atoms with Crippen molar-refractivity contribution in [1.29, 1.82) is 0 Å². The Balaban J connectivity index is 0.000000568. The molecule has 1 unspecified atom stereocenters. The van der Waals surface area contributed by atoms with Crippen molar-refractivity contribution >= 4 is 22.3 Å². The van der Waals surface area contributed by atoms with E-state index in [1.807, 2.05) is 20.8 Å². The number of carbonyl (C=O) groups excluding carboxylic acids is 1. The van der Waals surface area contributed by atoms with Gasteiger partial charge < -0.3 is 21.1 Å². The summed E-state index contributed by atoms with van der Waals surface area (Å²) < 4.78 is 36.5. The highest BCUT2D eigenvalue weighted by atomic mass is 32.3. The summed E-state index contributed by atoms with van der Waals surface area (Å²) in [4.78, 5) is 13.4. The van der Waals surface area contributed by atoms with Gasteiger partial charge in [-0.25, -0.2) is 9.48 Å². The molecular formula is C16H29N5O6S. The van der Waals surface area contributed by atoms with E-state index < -0.39 is 16.5 Å². The third kappa shape index (κ3) is 7.46. The van der Waals surface area contributed by atoms with Gasteiger partial charge in [0, 0.05) is 24.4 Å². The predicted molar refractivity (Wildman–Crippen MR) is 104 cm³/mol. The lowest BCUT2D eigenvalue weighted by Gasteiger charge is -2.25. The molecule has 0 bridgehead atoms. The summed E-state index contributed by atoms with van der Waals surface area (Å²) in [5.74, 6) is 0.925. The van der Waals surface area contributed by atoms with Gasteiger partial charge >= 0.3 is 16.5 Å². The molecule has 0 spiro atoms. The number of anilines is 1. The Morgan fingerprint density at radius 3 is 2.43 bits per heavy atom. The molecule has 28 heavy (non-hydrogen) atoms. The summed E-state index contributed by atoms with van der Waals surface area (Å²) in [7, 11) is -1.22. The van der Waals surface area contributed by atoms with Gasteiger partial charge in [-0.05, 0) is 7.05 Å². The van der Waals surface area contributed by atoms with E-state index in [9.17, 15) is 13.2 Å².